The number of urea groups is 1. The van der Waals surface area contributed by atoms with Crippen molar-refractivity contribution in [3.8, 4) is 0 Å². The van der Waals surface area contributed by atoms with Gasteiger partial charge in [-0.25, -0.2) is 4.79 Å². The number of rotatable bonds is 6. The fraction of sp³-hybridized carbons (Fsp3) is 0.458. The Bertz CT molecular complexity index is 782. The Labute approximate surface area is 183 Å². The minimum Gasteiger partial charge on any atom is -0.378 e. The molecule has 1 atom stereocenters. The number of nitrogens with zero attached hydrogens (tertiary/aromatic N) is 4. The fourth-order valence-electron chi connectivity index (χ4n) is 3.97. The molecule has 1 aliphatic heterocycles. The summed E-state index contributed by atoms with van der Waals surface area (Å²) >= 11 is 0. The van der Waals surface area contributed by atoms with E-state index in [1.165, 1.54) is 22.0 Å². The van der Waals surface area contributed by atoms with Gasteiger partial charge in [0.1, 0.15) is 0 Å². The molecule has 2 aromatic carbocycles. The van der Waals surface area contributed by atoms with Crippen molar-refractivity contribution in [3.63, 3.8) is 0 Å². The van der Waals surface area contributed by atoms with Gasteiger partial charge >= 0.3 is 6.03 Å². The summed E-state index contributed by atoms with van der Waals surface area (Å²) in [5.41, 5.74) is 2.42. The summed E-state index contributed by atoms with van der Waals surface area (Å²) in [4.78, 5) is 20.7. The van der Waals surface area contributed by atoms with Crippen molar-refractivity contribution in [2.45, 2.75) is 18.9 Å². The number of amides is 2. The Morgan fingerprint density at radius 2 is 1.33 bits per heavy atom. The van der Waals surface area contributed by atoms with Crippen molar-refractivity contribution in [1.29, 1.82) is 0 Å². The first-order valence-electron chi connectivity index (χ1n) is 10.6. The molecule has 0 unspecified atom stereocenters. The molecule has 3 rings (SSSR count). The molecular weight excluding hydrogens is 391 g/mol. The van der Waals surface area contributed by atoms with Crippen LogP contribution in [0.15, 0.2) is 48.5 Å². The summed E-state index contributed by atoms with van der Waals surface area (Å²) in [6.07, 6.45) is 3.19. The third-order valence-electron chi connectivity index (χ3n) is 5.75. The highest BCUT2D eigenvalue weighted by atomic mass is 31.1. The summed E-state index contributed by atoms with van der Waals surface area (Å²) < 4.78 is 0. The smallest absolute Gasteiger partial charge is 0.319 e. The molecule has 0 aliphatic carbocycles. The zero-order valence-corrected chi connectivity index (χ0v) is 20.1. The molecule has 2 amide bonds. The quantitative estimate of drug-likeness (QED) is 0.664. The topological polar surface area (TPSA) is 30.0 Å². The van der Waals surface area contributed by atoms with Crippen molar-refractivity contribution in [3.05, 3.63) is 48.5 Å². The molecule has 1 fully saturated rings. The molecule has 5 nitrogen and oxygen atoms in total. The molecule has 2 aromatic rings. The van der Waals surface area contributed by atoms with Gasteiger partial charge in [-0.15, -0.1) is 0 Å². The van der Waals surface area contributed by atoms with Gasteiger partial charge in [-0.1, -0.05) is 24.3 Å². The van der Waals surface area contributed by atoms with Crippen molar-refractivity contribution in [2.24, 2.45) is 0 Å². The Morgan fingerprint density at radius 1 is 0.867 bits per heavy atom. The maximum absolute atomic E-state index is 12.7. The van der Waals surface area contributed by atoms with Gasteiger partial charge in [-0.05, 0) is 61.8 Å². The lowest BCUT2D eigenvalue weighted by atomic mass is 10.2. The highest BCUT2D eigenvalue weighted by Crippen LogP contribution is 2.38. The van der Waals surface area contributed by atoms with Crippen molar-refractivity contribution in [2.75, 3.05) is 64.8 Å². The van der Waals surface area contributed by atoms with Gasteiger partial charge in [0.15, 0.2) is 0 Å². The van der Waals surface area contributed by atoms with Crippen molar-refractivity contribution >= 4 is 35.9 Å². The highest BCUT2D eigenvalue weighted by Gasteiger charge is 2.32. The molecule has 0 bridgehead atoms. The van der Waals surface area contributed by atoms with Gasteiger partial charge in [-0.2, -0.15) is 0 Å². The maximum atomic E-state index is 12.7. The number of likely N-dealkylation sites (tertiary alicyclic amines) is 1. The lowest BCUT2D eigenvalue weighted by Crippen LogP contribution is -2.44. The van der Waals surface area contributed by atoms with Crippen LogP contribution in [0.4, 0.5) is 16.2 Å². The second-order valence-electron chi connectivity index (χ2n) is 8.60. The summed E-state index contributed by atoms with van der Waals surface area (Å²) in [5, 5.41) is 2.75. The highest BCUT2D eigenvalue weighted by molar-refractivity contribution is 7.73. The SMILES string of the molecule is CN(C)C(=O)N1CCC[C@H]1CP(c1ccc(N(C)C)cc1)c1ccc(N(C)C)cc1. The zero-order chi connectivity index (χ0) is 21.8. The number of hydrogen-bond acceptors (Lipinski definition) is 3. The van der Waals surface area contributed by atoms with E-state index in [4.69, 9.17) is 0 Å². The number of anilines is 2. The summed E-state index contributed by atoms with van der Waals surface area (Å²) in [6.45, 7) is 0.865. The first kappa shape index (κ1) is 22.4. The molecule has 1 aliphatic rings. The Morgan fingerprint density at radius 3 is 1.73 bits per heavy atom. The molecule has 1 saturated heterocycles. The number of carbonyl (C=O) groups excluding carboxylic acids is 1. The van der Waals surface area contributed by atoms with E-state index in [1.807, 2.05) is 14.1 Å². The standard InChI is InChI=1S/C24H35N4OP/c1-25(2)19-9-13-22(14-10-19)30(23-15-11-20(12-16-23)26(3)4)18-21-8-7-17-28(21)24(29)27(5)6/h9-16,21H,7-8,17-18H2,1-6H3/t21-/m0/s1. The van der Waals surface area contributed by atoms with Crippen LogP contribution in [0.5, 0.6) is 0 Å². The maximum Gasteiger partial charge on any atom is 0.319 e. The Hall–Kier alpha value is -2.26. The number of benzene rings is 2. The van der Waals surface area contributed by atoms with Crippen LogP contribution in [-0.2, 0) is 0 Å². The lowest BCUT2D eigenvalue weighted by molar-refractivity contribution is 0.170. The molecule has 6 heteroatoms. The van der Waals surface area contributed by atoms with Gasteiger partial charge in [0, 0.05) is 66.2 Å². The lowest BCUT2D eigenvalue weighted by Gasteiger charge is -2.31. The Balaban J connectivity index is 1.92. The van der Waals surface area contributed by atoms with E-state index in [0.717, 1.165) is 25.5 Å². The van der Waals surface area contributed by atoms with Gasteiger partial charge in [0.05, 0.1) is 0 Å². The second-order valence-corrected chi connectivity index (χ2v) is 10.9. The first-order valence-corrected chi connectivity index (χ1v) is 12.1. The minimum atomic E-state index is -0.545. The van der Waals surface area contributed by atoms with Gasteiger partial charge in [-0.3, -0.25) is 0 Å². The van der Waals surface area contributed by atoms with Crippen LogP contribution in [0.3, 0.4) is 0 Å². The molecule has 30 heavy (non-hydrogen) atoms. The predicted octanol–water partition coefficient (Wildman–Crippen LogP) is 3.40. The first-order chi connectivity index (χ1) is 14.3. The minimum absolute atomic E-state index is 0.137. The van der Waals surface area contributed by atoms with E-state index < -0.39 is 7.92 Å². The van der Waals surface area contributed by atoms with E-state index in [0.29, 0.717) is 6.04 Å². The monoisotopic (exact) mass is 426 g/mol. The van der Waals surface area contributed by atoms with E-state index in [2.05, 4.69) is 91.4 Å². The normalized spacial score (nSPS) is 16.1. The molecule has 0 N–H and O–H groups in total. The third kappa shape index (κ3) is 5.07. The summed E-state index contributed by atoms with van der Waals surface area (Å²) in [6, 6.07) is 18.3. The van der Waals surface area contributed by atoms with E-state index >= 15 is 0 Å². The van der Waals surface area contributed by atoms with Crippen LogP contribution in [0.25, 0.3) is 0 Å². The second kappa shape index (κ2) is 9.70. The molecule has 162 valence electrons. The molecule has 0 saturated carbocycles. The fourth-order valence-corrected chi connectivity index (χ4v) is 6.51. The van der Waals surface area contributed by atoms with E-state index in [-0.39, 0.29) is 6.03 Å². The molecule has 1 heterocycles. The van der Waals surface area contributed by atoms with Crippen LogP contribution in [0.2, 0.25) is 0 Å². The molecule has 0 spiro atoms. The van der Waals surface area contributed by atoms with Gasteiger partial charge < -0.3 is 19.6 Å². The zero-order valence-electron chi connectivity index (χ0n) is 19.2. The van der Waals surface area contributed by atoms with Gasteiger partial charge in [0.2, 0.25) is 0 Å². The van der Waals surface area contributed by atoms with Crippen LogP contribution < -0.4 is 20.4 Å². The van der Waals surface area contributed by atoms with Crippen LogP contribution >= 0.6 is 7.92 Å². The van der Waals surface area contributed by atoms with Crippen LogP contribution in [0.1, 0.15) is 12.8 Å². The Kier molecular flexibility index (Phi) is 7.25. The largest absolute Gasteiger partial charge is 0.378 e. The average Bonchev–Trinajstić information content (AvgIpc) is 3.19. The number of hydrogen-bond donors (Lipinski definition) is 0. The predicted molar refractivity (Wildman–Crippen MR) is 131 cm³/mol. The van der Waals surface area contributed by atoms with Crippen molar-refractivity contribution < 1.29 is 4.79 Å². The molecule has 0 aromatic heterocycles. The van der Waals surface area contributed by atoms with Crippen LogP contribution in [-0.4, -0.2) is 76.9 Å². The third-order valence-corrected chi connectivity index (χ3v) is 8.38. The van der Waals surface area contributed by atoms with Gasteiger partial charge in [0.25, 0.3) is 0 Å². The van der Waals surface area contributed by atoms with E-state index in [9.17, 15) is 4.79 Å². The average molecular weight is 427 g/mol. The molecule has 0 radical (unpaired) electrons. The van der Waals surface area contributed by atoms with Crippen molar-refractivity contribution in [1.82, 2.24) is 9.80 Å². The summed E-state index contributed by atoms with van der Waals surface area (Å²) in [7, 11) is 11.4. The number of carbonyl (C=O) groups is 1. The summed E-state index contributed by atoms with van der Waals surface area (Å²) in [5.74, 6) is 0. The van der Waals surface area contributed by atoms with Crippen LogP contribution in [0, 0.1) is 0 Å². The van der Waals surface area contributed by atoms with E-state index in [1.54, 1.807) is 4.90 Å². The molecular formula is C24H35N4OP.